The molecule has 2 nitrogen and oxygen atoms in total. The van der Waals surface area contributed by atoms with Crippen molar-refractivity contribution in [2.75, 3.05) is 10.6 Å². The van der Waals surface area contributed by atoms with E-state index in [0.717, 1.165) is 6.07 Å². The van der Waals surface area contributed by atoms with Crippen LogP contribution in [0.4, 0.5) is 24.5 Å². The van der Waals surface area contributed by atoms with E-state index in [4.69, 9.17) is 11.6 Å². The zero-order chi connectivity index (χ0) is 11.2. The zero-order valence-corrected chi connectivity index (χ0v) is 8.50. The molecular weight excluding hydrogens is 229 g/mol. The average Bonchev–Trinajstić information content (AvgIpc) is 2.40. The molecule has 1 aliphatic heterocycles. The standard InChI is InChI=1S/C9H8ClF3N2/c1-4-14-7-2-5(9(11,12)13)6(10)3-8(7)15-4/h2-4,14-15H,1H3. The Morgan fingerprint density at radius 3 is 2.27 bits per heavy atom. The summed E-state index contributed by atoms with van der Waals surface area (Å²) in [6.45, 7) is 1.81. The number of benzene rings is 1. The van der Waals surface area contributed by atoms with Crippen molar-refractivity contribution in [3.63, 3.8) is 0 Å². The Morgan fingerprint density at radius 2 is 1.73 bits per heavy atom. The van der Waals surface area contributed by atoms with Gasteiger partial charge in [-0.2, -0.15) is 13.2 Å². The van der Waals surface area contributed by atoms with Gasteiger partial charge in [0, 0.05) is 0 Å². The van der Waals surface area contributed by atoms with Gasteiger partial charge in [-0.05, 0) is 19.1 Å². The van der Waals surface area contributed by atoms with Gasteiger partial charge in [0.05, 0.1) is 28.1 Å². The fraction of sp³-hybridized carbons (Fsp3) is 0.333. The van der Waals surface area contributed by atoms with Crippen LogP contribution in [0.25, 0.3) is 0 Å². The minimum Gasteiger partial charge on any atom is -0.364 e. The summed E-state index contributed by atoms with van der Waals surface area (Å²) in [6, 6.07) is 2.31. The molecular formula is C9H8ClF3N2. The summed E-state index contributed by atoms with van der Waals surface area (Å²) in [5, 5.41) is 5.53. The molecule has 1 aromatic rings. The number of fused-ring (bicyclic) bond motifs is 1. The lowest BCUT2D eigenvalue weighted by Gasteiger charge is -2.10. The minimum absolute atomic E-state index is 0.0837. The fourth-order valence-corrected chi connectivity index (χ4v) is 1.80. The molecule has 1 unspecified atom stereocenters. The number of hydrogen-bond acceptors (Lipinski definition) is 2. The Morgan fingerprint density at radius 1 is 1.20 bits per heavy atom. The lowest BCUT2D eigenvalue weighted by molar-refractivity contribution is -0.137. The van der Waals surface area contributed by atoms with E-state index in [9.17, 15) is 13.2 Å². The molecule has 0 saturated heterocycles. The van der Waals surface area contributed by atoms with Crippen LogP contribution in [0.3, 0.4) is 0 Å². The molecule has 2 rings (SSSR count). The summed E-state index contributed by atoms with van der Waals surface area (Å²) in [7, 11) is 0. The molecule has 0 aromatic heterocycles. The first-order chi connectivity index (χ1) is 6.88. The van der Waals surface area contributed by atoms with Gasteiger partial charge in [-0.15, -0.1) is 0 Å². The van der Waals surface area contributed by atoms with Crippen LogP contribution < -0.4 is 10.6 Å². The quantitative estimate of drug-likeness (QED) is 0.720. The first-order valence-electron chi connectivity index (χ1n) is 4.32. The Labute approximate surface area is 89.4 Å². The van der Waals surface area contributed by atoms with E-state index in [1.165, 1.54) is 6.07 Å². The SMILES string of the molecule is CC1Nc2cc(Cl)c(C(F)(F)F)cc2N1. The normalized spacial score (nSPS) is 19.4. The number of anilines is 2. The van der Waals surface area contributed by atoms with Crippen LogP contribution in [0, 0.1) is 0 Å². The van der Waals surface area contributed by atoms with E-state index in [0.29, 0.717) is 11.4 Å². The average molecular weight is 237 g/mol. The third kappa shape index (κ3) is 1.84. The number of hydrogen-bond donors (Lipinski definition) is 2. The predicted octanol–water partition coefficient (Wildman–Crippen LogP) is 3.54. The minimum atomic E-state index is -4.42. The lowest BCUT2D eigenvalue weighted by atomic mass is 10.1. The van der Waals surface area contributed by atoms with Gasteiger partial charge in [0.2, 0.25) is 0 Å². The third-order valence-corrected chi connectivity index (χ3v) is 2.47. The van der Waals surface area contributed by atoms with Gasteiger partial charge < -0.3 is 10.6 Å². The van der Waals surface area contributed by atoms with E-state index >= 15 is 0 Å². The highest BCUT2D eigenvalue weighted by Crippen LogP contribution is 2.41. The Bertz CT molecular complexity index is 403. The van der Waals surface area contributed by atoms with Gasteiger partial charge in [0.1, 0.15) is 0 Å². The van der Waals surface area contributed by atoms with Gasteiger partial charge in [-0.1, -0.05) is 11.6 Å². The van der Waals surface area contributed by atoms with Crippen molar-refractivity contribution < 1.29 is 13.2 Å². The van der Waals surface area contributed by atoms with Gasteiger partial charge in [-0.3, -0.25) is 0 Å². The van der Waals surface area contributed by atoms with Crippen LogP contribution in [0.2, 0.25) is 5.02 Å². The van der Waals surface area contributed by atoms with Crippen molar-refractivity contribution in [1.82, 2.24) is 0 Å². The summed E-state index contributed by atoms with van der Waals surface area (Å²) >= 11 is 5.55. The van der Waals surface area contributed by atoms with Crippen LogP contribution in [0.5, 0.6) is 0 Å². The number of rotatable bonds is 0. The Kier molecular flexibility index (Phi) is 2.22. The van der Waals surface area contributed by atoms with Crippen molar-refractivity contribution in [2.24, 2.45) is 0 Å². The Balaban J connectivity index is 2.49. The van der Waals surface area contributed by atoms with E-state index in [1.54, 1.807) is 6.92 Å². The van der Waals surface area contributed by atoms with Crippen LogP contribution in [-0.2, 0) is 6.18 Å². The molecule has 82 valence electrons. The van der Waals surface area contributed by atoms with E-state index in [-0.39, 0.29) is 11.2 Å². The number of nitrogens with one attached hydrogen (secondary N) is 2. The van der Waals surface area contributed by atoms with E-state index < -0.39 is 11.7 Å². The highest BCUT2D eigenvalue weighted by atomic mass is 35.5. The molecule has 0 radical (unpaired) electrons. The lowest BCUT2D eigenvalue weighted by Crippen LogP contribution is -2.16. The van der Waals surface area contributed by atoms with Gasteiger partial charge >= 0.3 is 6.18 Å². The molecule has 0 amide bonds. The predicted molar refractivity (Wildman–Crippen MR) is 53.2 cm³/mol. The molecule has 1 heterocycles. The van der Waals surface area contributed by atoms with Crippen LogP contribution >= 0.6 is 11.6 Å². The second-order valence-electron chi connectivity index (χ2n) is 3.39. The first kappa shape index (κ1) is 10.4. The summed E-state index contributed by atoms with van der Waals surface area (Å²) in [5.74, 6) is 0. The topological polar surface area (TPSA) is 24.1 Å². The summed E-state index contributed by atoms with van der Waals surface area (Å²) < 4.78 is 37.4. The number of halogens is 4. The van der Waals surface area contributed by atoms with Crippen LogP contribution in [0.15, 0.2) is 12.1 Å². The molecule has 2 N–H and O–H groups in total. The van der Waals surface area contributed by atoms with Crippen molar-refractivity contribution in [2.45, 2.75) is 19.3 Å². The maximum atomic E-state index is 12.5. The second kappa shape index (κ2) is 3.20. The van der Waals surface area contributed by atoms with Crippen molar-refractivity contribution in [3.05, 3.63) is 22.7 Å². The Hall–Kier alpha value is -1.10. The maximum absolute atomic E-state index is 12.5. The van der Waals surface area contributed by atoms with Crippen molar-refractivity contribution in [1.29, 1.82) is 0 Å². The molecule has 15 heavy (non-hydrogen) atoms. The molecule has 0 saturated carbocycles. The molecule has 1 aliphatic rings. The third-order valence-electron chi connectivity index (χ3n) is 2.16. The zero-order valence-electron chi connectivity index (χ0n) is 7.74. The molecule has 0 bridgehead atoms. The highest BCUT2D eigenvalue weighted by molar-refractivity contribution is 6.32. The van der Waals surface area contributed by atoms with Gasteiger partial charge in [0.25, 0.3) is 0 Å². The molecule has 0 fully saturated rings. The first-order valence-corrected chi connectivity index (χ1v) is 4.69. The molecule has 1 atom stereocenters. The summed E-state index contributed by atoms with van der Waals surface area (Å²) in [5.41, 5.74) is 0.214. The second-order valence-corrected chi connectivity index (χ2v) is 3.79. The molecule has 6 heteroatoms. The molecule has 1 aromatic carbocycles. The van der Waals surface area contributed by atoms with E-state index in [1.807, 2.05) is 0 Å². The largest absolute Gasteiger partial charge is 0.417 e. The molecule has 0 aliphatic carbocycles. The molecule has 0 spiro atoms. The van der Waals surface area contributed by atoms with Crippen LogP contribution in [-0.4, -0.2) is 6.17 Å². The number of alkyl halides is 3. The van der Waals surface area contributed by atoms with E-state index in [2.05, 4.69) is 10.6 Å². The fourth-order valence-electron chi connectivity index (χ4n) is 1.53. The van der Waals surface area contributed by atoms with Crippen LogP contribution in [0.1, 0.15) is 12.5 Å². The smallest absolute Gasteiger partial charge is 0.364 e. The van der Waals surface area contributed by atoms with Crippen molar-refractivity contribution in [3.8, 4) is 0 Å². The van der Waals surface area contributed by atoms with Gasteiger partial charge in [-0.25, -0.2) is 0 Å². The summed E-state index contributed by atoms with van der Waals surface area (Å²) in [4.78, 5) is 0. The highest BCUT2D eigenvalue weighted by Gasteiger charge is 2.35. The van der Waals surface area contributed by atoms with Gasteiger partial charge in [0.15, 0.2) is 0 Å². The maximum Gasteiger partial charge on any atom is 0.417 e. The monoisotopic (exact) mass is 236 g/mol. The van der Waals surface area contributed by atoms with Crippen molar-refractivity contribution >= 4 is 23.0 Å². The summed E-state index contributed by atoms with van der Waals surface area (Å²) in [6.07, 6.45) is -4.50.